The van der Waals surface area contributed by atoms with Crippen LogP contribution in [0.15, 0.2) is 0 Å². The van der Waals surface area contributed by atoms with Crippen LogP contribution in [-0.4, -0.2) is 167 Å². The third kappa shape index (κ3) is 15.2. The Balaban J connectivity index is 0.000000231. The van der Waals surface area contributed by atoms with Crippen LogP contribution in [0.25, 0.3) is 0 Å². The second-order valence-corrected chi connectivity index (χ2v) is 18.7. The molecule has 0 unspecified atom stereocenters. The lowest BCUT2D eigenvalue weighted by molar-refractivity contribution is 0.0849. The van der Waals surface area contributed by atoms with Crippen molar-refractivity contribution in [3.05, 3.63) is 0 Å². The minimum absolute atomic E-state index is 0.715. The molecule has 0 aromatic heterocycles. The lowest BCUT2D eigenvalue weighted by atomic mass is 9.86. The average molecular weight is 706 g/mol. The van der Waals surface area contributed by atoms with Crippen LogP contribution in [0.5, 0.6) is 0 Å². The summed E-state index contributed by atoms with van der Waals surface area (Å²) in [5.41, 5.74) is 0. The highest BCUT2D eigenvalue weighted by atomic mass is 15.4. The number of piperidine rings is 1. The molecule has 0 aromatic rings. The monoisotopic (exact) mass is 706 g/mol. The second kappa shape index (κ2) is 22.8. The number of rotatable bonds is 8. The van der Waals surface area contributed by atoms with Gasteiger partial charge in [0.1, 0.15) is 0 Å². The smallest absolute Gasteiger partial charge is 0.0242 e. The first-order valence-electron chi connectivity index (χ1n) is 21.6. The number of hydrogen-bond donors (Lipinski definition) is 0. The van der Waals surface area contributed by atoms with E-state index in [1.807, 2.05) is 0 Å². The topological polar surface area (TPSA) is 22.7 Å². The third-order valence-corrected chi connectivity index (χ3v) is 12.7. The van der Waals surface area contributed by atoms with E-state index in [4.69, 9.17) is 0 Å². The maximum absolute atomic E-state index is 2.67. The minimum Gasteiger partial charge on any atom is -0.301 e. The van der Waals surface area contributed by atoms with Crippen LogP contribution in [0.1, 0.15) is 136 Å². The van der Waals surface area contributed by atoms with Gasteiger partial charge in [0.15, 0.2) is 0 Å². The van der Waals surface area contributed by atoms with Crippen LogP contribution in [0, 0.1) is 11.8 Å². The predicted octanol–water partition coefficient (Wildman–Crippen LogP) is 7.56. The number of likely N-dealkylation sites (tertiary alicyclic amines) is 3. The predicted molar refractivity (Wildman–Crippen MR) is 222 cm³/mol. The van der Waals surface area contributed by atoms with E-state index < -0.39 is 0 Å². The van der Waals surface area contributed by atoms with Gasteiger partial charge in [0.05, 0.1) is 0 Å². The largest absolute Gasteiger partial charge is 0.301 e. The molecule has 5 heterocycles. The molecule has 0 spiro atoms. The fourth-order valence-corrected chi connectivity index (χ4v) is 8.86. The van der Waals surface area contributed by atoms with Crippen LogP contribution in [0.3, 0.4) is 0 Å². The van der Waals surface area contributed by atoms with Crippen LogP contribution in [0.2, 0.25) is 0 Å². The van der Waals surface area contributed by atoms with Crippen molar-refractivity contribution in [2.45, 2.75) is 191 Å². The Kier molecular flexibility index (Phi) is 20.9. The summed E-state index contributed by atoms with van der Waals surface area (Å²) < 4.78 is 0. The molecule has 5 rings (SSSR count). The molecular formula is C43H91N7. The zero-order chi connectivity index (χ0) is 37.7. The fraction of sp³-hybridized carbons (Fsp3) is 1.00. The number of fused-ring (bicyclic) bond motifs is 2. The second-order valence-electron chi connectivity index (χ2n) is 18.7. The molecule has 0 aliphatic carbocycles. The SMILES string of the molecule is CC(C)C1CCN(C(C)C)CC1.CC(C)N1CCCN(C(C)C)CC1.CC(C)N1CCN(C(C)C)CC1.CC(C)N1C[C@@H]2C[C@H]1CN2C(C)C. The molecule has 0 N–H and O–H groups in total. The van der Waals surface area contributed by atoms with E-state index in [9.17, 15) is 0 Å². The van der Waals surface area contributed by atoms with E-state index in [2.05, 4.69) is 145 Å². The van der Waals surface area contributed by atoms with Crippen molar-refractivity contribution < 1.29 is 0 Å². The molecule has 7 nitrogen and oxygen atoms in total. The van der Waals surface area contributed by atoms with Gasteiger partial charge in [0, 0.05) is 107 Å². The Labute approximate surface area is 314 Å². The molecule has 0 saturated carbocycles. The summed E-state index contributed by atoms with van der Waals surface area (Å²) >= 11 is 0. The average Bonchev–Trinajstić information content (AvgIpc) is 3.58. The molecule has 2 bridgehead atoms. The zero-order valence-corrected chi connectivity index (χ0v) is 36.8. The van der Waals surface area contributed by atoms with Crippen molar-refractivity contribution in [1.29, 1.82) is 0 Å². The first-order valence-corrected chi connectivity index (χ1v) is 21.6. The first-order chi connectivity index (χ1) is 23.4. The van der Waals surface area contributed by atoms with Crippen LogP contribution in [0.4, 0.5) is 0 Å². The summed E-state index contributed by atoms with van der Waals surface area (Å²) in [5.74, 6) is 1.87. The number of nitrogens with zero attached hydrogens (tertiary/aromatic N) is 7. The molecule has 50 heavy (non-hydrogen) atoms. The molecule has 7 heteroatoms. The maximum Gasteiger partial charge on any atom is 0.0242 e. The van der Waals surface area contributed by atoms with E-state index in [-0.39, 0.29) is 0 Å². The lowest BCUT2D eigenvalue weighted by Gasteiger charge is -2.38. The summed E-state index contributed by atoms with van der Waals surface area (Å²) in [6.45, 7) is 52.2. The van der Waals surface area contributed by atoms with E-state index in [1.165, 1.54) is 104 Å². The van der Waals surface area contributed by atoms with Gasteiger partial charge >= 0.3 is 0 Å². The highest BCUT2D eigenvalue weighted by molar-refractivity contribution is 5.01. The van der Waals surface area contributed by atoms with Gasteiger partial charge in [-0.1, -0.05) is 13.8 Å². The molecule has 298 valence electrons. The van der Waals surface area contributed by atoms with Crippen LogP contribution in [-0.2, 0) is 0 Å². The van der Waals surface area contributed by atoms with Crippen molar-refractivity contribution in [2.75, 3.05) is 78.5 Å². The summed E-state index contributed by atoms with van der Waals surface area (Å²) in [6.07, 6.45) is 5.57. The van der Waals surface area contributed by atoms with Crippen molar-refractivity contribution in [2.24, 2.45) is 11.8 Å². The van der Waals surface area contributed by atoms with E-state index in [0.29, 0.717) is 12.1 Å². The number of piperazine rings is 2. The Morgan fingerprint density at radius 2 is 0.620 bits per heavy atom. The zero-order valence-electron chi connectivity index (χ0n) is 36.8. The quantitative estimate of drug-likeness (QED) is 0.257. The molecule has 5 aliphatic rings. The van der Waals surface area contributed by atoms with Gasteiger partial charge in [0.2, 0.25) is 0 Å². The molecule has 5 saturated heterocycles. The van der Waals surface area contributed by atoms with Crippen molar-refractivity contribution in [1.82, 2.24) is 34.3 Å². The van der Waals surface area contributed by atoms with Crippen molar-refractivity contribution in [3.63, 3.8) is 0 Å². The van der Waals surface area contributed by atoms with Gasteiger partial charge < -0.3 is 4.90 Å². The molecule has 5 fully saturated rings. The fourth-order valence-electron chi connectivity index (χ4n) is 8.86. The summed E-state index contributed by atoms with van der Waals surface area (Å²) in [5, 5.41) is 0. The molecule has 0 aromatic carbocycles. The maximum atomic E-state index is 2.67. The van der Waals surface area contributed by atoms with Gasteiger partial charge in [-0.25, -0.2) is 0 Å². The van der Waals surface area contributed by atoms with Gasteiger partial charge in [-0.15, -0.1) is 0 Å². The standard InChI is InChI=1S/C11H22N2.C11H24N2.C11H23N.C10H22N2/c1-8(2)12-6-11-5-10(12)7-13(11)9(3)4;1-10(2)12-6-5-7-13(9-8-12)11(3)4;2*1-9(2)11-5-7-12(8-6-11)10(3)4/h8-11H,5-7H2,1-4H3;10-11H,5-9H2,1-4H3;9-11H,5-8H2,1-4H3;9-10H,5-8H2,1-4H3/t10-,11-;;;/m0.../s1. The number of hydrogen-bond acceptors (Lipinski definition) is 7. The minimum atomic E-state index is 0.715. The first kappa shape index (κ1) is 45.9. The van der Waals surface area contributed by atoms with Crippen molar-refractivity contribution >= 4 is 0 Å². The highest BCUT2D eigenvalue weighted by Crippen LogP contribution is 2.33. The molecule has 0 radical (unpaired) electrons. The van der Waals surface area contributed by atoms with Crippen molar-refractivity contribution in [3.8, 4) is 0 Å². The molecule has 0 amide bonds. The Bertz CT molecular complexity index is 755. The Morgan fingerprint density at radius 3 is 0.860 bits per heavy atom. The lowest BCUT2D eigenvalue weighted by Crippen LogP contribution is -2.50. The Morgan fingerprint density at radius 1 is 0.340 bits per heavy atom. The summed E-state index contributed by atoms with van der Waals surface area (Å²) in [4.78, 5) is 18.2. The molecule has 5 aliphatic heterocycles. The van der Waals surface area contributed by atoms with Crippen LogP contribution < -0.4 is 0 Å². The molecular weight excluding hydrogens is 615 g/mol. The van der Waals surface area contributed by atoms with Gasteiger partial charge in [-0.2, -0.15) is 0 Å². The highest BCUT2D eigenvalue weighted by Gasteiger charge is 2.44. The van der Waals surface area contributed by atoms with Gasteiger partial charge in [-0.05, 0) is 161 Å². The normalized spacial score (nSPS) is 25.9. The van der Waals surface area contributed by atoms with E-state index in [1.54, 1.807) is 0 Å². The van der Waals surface area contributed by atoms with Crippen LogP contribution >= 0.6 is 0 Å². The summed E-state index contributed by atoms with van der Waals surface area (Å²) in [7, 11) is 0. The summed E-state index contributed by atoms with van der Waals surface area (Å²) in [6, 6.07) is 6.81. The molecule has 2 atom stereocenters. The third-order valence-electron chi connectivity index (χ3n) is 12.7. The van der Waals surface area contributed by atoms with Gasteiger partial charge in [0.25, 0.3) is 0 Å². The van der Waals surface area contributed by atoms with E-state index >= 15 is 0 Å². The Hall–Kier alpha value is -0.280. The van der Waals surface area contributed by atoms with Gasteiger partial charge in [-0.3, -0.25) is 29.4 Å². The van der Waals surface area contributed by atoms with E-state index in [0.717, 1.165) is 54.1 Å².